The summed E-state index contributed by atoms with van der Waals surface area (Å²) in [5, 5.41) is 9.34. The zero-order valence-corrected chi connectivity index (χ0v) is 14.0. The van der Waals surface area contributed by atoms with Crippen LogP contribution in [0.25, 0.3) is 0 Å². The molecule has 2 bridgehead atoms. The van der Waals surface area contributed by atoms with Crippen molar-refractivity contribution < 1.29 is 14.7 Å². The molecule has 3 aliphatic rings. The van der Waals surface area contributed by atoms with Gasteiger partial charge in [0.25, 0.3) is 0 Å². The Morgan fingerprint density at radius 1 is 0.958 bits per heavy atom. The van der Waals surface area contributed by atoms with Crippen LogP contribution >= 0.6 is 0 Å². The smallest absolute Gasteiger partial charge is 0.225 e. The van der Waals surface area contributed by atoms with Crippen LogP contribution in [0.4, 0.5) is 0 Å². The Labute approximate surface area is 142 Å². The van der Waals surface area contributed by atoms with Gasteiger partial charge in [-0.05, 0) is 68.2 Å². The first-order valence-electron chi connectivity index (χ1n) is 9.24. The number of fused-ring (bicyclic) bond motifs is 2. The zero-order valence-electron chi connectivity index (χ0n) is 14.0. The third-order valence-electron chi connectivity index (χ3n) is 6.38. The van der Waals surface area contributed by atoms with Crippen molar-refractivity contribution in [2.24, 2.45) is 23.7 Å². The molecule has 2 saturated carbocycles. The average Bonchev–Trinajstić information content (AvgIpc) is 3.25. The van der Waals surface area contributed by atoms with E-state index in [9.17, 15) is 14.7 Å². The Hall–Kier alpha value is -1.84. The number of nitrogens with zero attached hydrogens (tertiary/aromatic N) is 1. The van der Waals surface area contributed by atoms with Gasteiger partial charge in [0.15, 0.2) is 5.78 Å². The molecule has 4 rings (SSSR count). The fourth-order valence-electron chi connectivity index (χ4n) is 5.01. The number of phenolic OH excluding ortho intramolecular Hbond substituents is 1. The summed E-state index contributed by atoms with van der Waals surface area (Å²) in [5.41, 5.74) is 0.658. The molecule has 1 saturated heterocycles. The average molecular weight is 327 g/mol. The minimum atomic E-state index is -0.00128. The van der Waals surface area contributed by atoms with Crippen molar-refractivity contribution in [1.82, 2.24) is 4.90 Å². The van der Waals surface area contributed by atoms with Crippen molar-refractivity contribution in [2.45, 2.75) is 38.5 Å². The van der Waals surface area contributed by atoms with E-state index in [-0.39, 0.29) is 23.4 Å². The van der Waals surface area contributed by atoms with E-state index in [1.54, 1.807) is 24.3 Å². The first kappa shape index (κ1) is 15.7. The van der Waals surface area contributed by atoms with E-state index in [1.165, 1.54) is 19.3 Å². The Kier molecular flexibility index (Phi) is 4.07. The van der Waals surface area contributed by atoms with E-state index >= 15 is 0 Å². The first-order chi connectivity index (χ1) is 11.6. The first-order valence-corrected chi connectivity index (χ1v) is 9.24. The fourth-order valence-corrected chi connectivity index (χ4v) is 5.01. The van der Waals surface area contributed by atoms with Crippen LogP contribution < -0.4 is 0 Å². The summed E-state index contributed by atoms with van der Waals surface area (Å²) in [7, 11) is 0. The standard InChI is InChI=1S/C20H25NO3/c22-17-5-3-14(4-6-17)19(23)15-7-9-21(10-8-15)20(24)18-12-13-1-2-16(18)11-13/h3-6,13,15-16,18,22H,1-2,7-12H2/t13-,16-,18-/m0/s1. The van der Waals surface area contributed by atoms with Crippen molar-refractivity contribution in [3.63, 3.8) is 0 Å². The summed E-state index contributed by atoms with van der Waals surface area (Å²) in [6.07, 6.45) is 6.41. The van der Waals surface area contributed by atoms with E-state index in [4.69, 9.17) is 0 Å². The molecule has 128 valence electrons. The molecule has 0 unspecified atom stereocenters. The summed E-state index contributed by atoms with van der Waals surface area (Å²) in [6, 6.07) is 6.48. The number of hydrogen-bond donors (Lipinski definition) is 1. The molecule has 0 aromatic heterocycles. The maximum atomic E-state index is 12.8. The topological polar surface area (TPSA) is 57.6 Å². The molecule has 1 heterocycles. The minimum Gasteiger partial charge on any atom is -0.508 e. The van der Waals surface area contributed by atoms with Crippen molar-refractivity contribution in [1.29, 1.82) is 0 Å². The Bertz CT molecular complexity index is 631. The van der Waals surface area contributed by atoms with Gasteiger partial charge in [-0.2, -0.15) is 0 Å². The number of aromatic hydroxyl groups is 1. The molecule has 4 nitrogen and oxygen atoms in total. The highest BCUT2D eigenvalue weighted by Crippen LogP contribution is 2.49. The van der Waals surface area contributed by atoms with Crippen LogP contribution in [0.15, 0.2) is 24.3 Å². The van der Waals surface area contributed by atoms with Gasteiger partial charge in [-0.3, -0.25) is 9.59 Å². The van der Waals surface area contributed by atoms with Gasteiger partial charge in [0, 0.05) is 30.5 Å². The van der Waals surface area contributed by atoms with Gasteiger partial charge in [-0.15, -0.1) is 0 Å². The normalized spacial score (nSPS) is 29.8. The third kappa shape index (κ3) is 2.83. The van der Waals surface area contributed by atoms with E-state index < -0.39 is 0 Å². The lowest BCUT2D eigenvalue weighted by Crippen LogP contribution is -2.44. The molecular weight excluding hydrogens is 302 g/mol. The van der Waals surface area contributed by atoms with Gasteiger partial charge < -0.3 is 10.0 Å². The molecule has 1 aromatic rings. The second-order valence-corrected chi connectivity index (χ2v) is 7.79. The van der Waals surface area contributed by atoms with Crippen LogP contribution in [0, 0.1) is 23.7 Å². The molecule has 3 fully saturated rings. The molecule has 0 spiro atoms. The molecule has 3 atom stereocenters. The van der Waals surface area contributed by atoms with Crippen molar-refractivity contribution in [2.75, 3.05) is 13.1 Å². The van der Waals surface area contributed by atoms with Crippen molar-refractivity contribution in [3.05, 3.63) is 29.8 Å². The third-order valence-corrected chi connectivity index (χ3v) is 6.38. The lowest BCUT2D eigenvalue weighted by Gasteiger charge is -2.35. The number of rotatable bonds is 3. The maximum Gasteiger partial charge on any atom is 0.225 e. The monoisotopic (exact) mass is 327 g/mol. The van der Waals surface area contributed by atoms with Gasteiger partial charge >= 0.3 is 0 Å². The number of Topliss-reactive ketones (excluding diaryl/α,β-unsaturated/α-hetero) is 1. The van der Waals surface area contributed by atoms with Gasteiger partial charge in [-0.25, -0.2) is 0 Å². The molecule has 24 heavy (non-hydrogen) atoms. The molecule has 1 amide bonds. The van der Waals surface area contributed by atoms with Crippen LogP contribution in [-0.4, -0.2) is 34.8 Å². The molecular formula is C20H25NO3. The number of amides is 1. The number of likely N-dealkylation sites (tertiary alicyclic amines) is 1. The van der Waals surface area contributed by atoms with E-state index in [0.29, 0.717) is 30.5 Å². The summed E-state index contributed by atoms with van der Waals surface area (Å²) in [4.78, 5) is 27.4. The largest absolute Gasteiger partial charge is 0.508 e. The van der Waals surface area contributed by atoms with Gasteiger partial charge in [-0.1, -0.05) is 6.42 Å². The van der Waals surface area contributed by atoms with Crippen LogP contribution in [0.1, 0.15) is 48.9 Å². The second kappa shape index (κ2) is 6.23. The number of carbonyl (C=O) groups is 2. The zero-order chi connectivity index (χ0) is 16.7. The number of carbonyl (C=O) groups excluding carboxylic acids is 2. The summed E-state index contributed by atoms with van der Waals surface area (Å²) >= 11 is 0. The lowest BCUT2D eigenvalue weighted by molar-refractivity contribution is -0.138. The molecule has 2 aliphatic carbocycles. The highest BCUT2D eigenvalue weighted by molar-refractivity contribution is 5.98. The molecule has 1 aromatic carbocycles. The molecule has 4 heteroatoms. The summed E-state index contributed by atoms with van der Waals surface area (Å²) < 4.78 is 0. The SMILES string of the molecule is O=C(c1ccc(O)cc1)C1CCN(C(=O)[C@H]2C[C@H]3CC[C@H]2C3)CC1. The molecule has 1 N–H and O–H groups in total. The molecule has 0 radical (unpaired) electrons. The van der Waals surface area contributed by atoms with Gasteiger partial charge in [0.2, 0.25) is 5.91 Å². The number of ketones is 1. The van der Waals surface area contributed by atoms with Gasteiger partial charge in [0.05, 0.1) is 0 Å². The maximum absolute atomic E-state index is 12.8. The van der Waals surface area contributed by atoms with Crippen molar-refractivity contribution >= 4 is 11.7 Å². The molecule has 1 aliphatic heterocycles. The van der Waals surface area contributed by atoms with E-state index in [2.05, 4.69) is 0 Å². The number of phenols is 1. The number of hydrogen-bond acceptors (Lipinski definition) is 3. The highest BCUT2D eigenvalue weighted by Gasteiger charge is 2.44. The van der Waals surface area contributed by atoms with Crippen LogP contribution in [-0.2, 0) is 4.79 Å². The quantitative estimate of drug-likeness (QED) is 0.867. The Morgan fingerprint density at radius 3 is 2.25 bits per heavy atom. The Morgan fingerprint density at radius 2 is 1.67 bits per heavy atom. The second-order valence-electron chi connectivity index (χ2n) is 7.79. The van der Waals surface area contributed by atoms with Crippen LogP contribution in [0.5, 0.6) is 5.75 Å². The van der Waals surface area contributed by atoms with E-state index in [1.807, 2.05) is 4.90 Å². The van der Waals surface area contributed by atoms with Gasteiger partial charge in [0.1, 0.15) is 5.75 Å². The predicted molar refractivity (Wildman–Crippen MR) is 90.7 cm³/mol. The number of piperidine rings is 1. The Balaban J connectivity index is 1.34. The number of benzene rings is 1. The van der Waals surface area contributed by atoms with Crippen LogP contribution in [0.2, 0.25) is 0 Å². The fraction of sp³-hybridized carbons (Fsp3) is 0.600. The minimum absolute atomic E-state index is 0.00128. The van der Waals surface area contributed by atoms with Crippen LogP contribution in [0.3, 0.4) is 0 Å². The lowest BCUT2D eigenvalue weighted by atomic mass is 9.85. The predicted octanol–water partition coefficient (Wildman–Crippen LogP) is 3.25. The van der Waals surface area contributed by atoms with E-state index in [0.717, 1.165) is 25.2 Å². The summed E-state index contributed by atoms with van der Waals surface area (Å²) in [5.74, 6) is 2.33. The van der Waals surface area contributed by atoms with Crippen molar-refractivity contribution in [3.8, 4) is 5.75 Å². The highest BCUT2D eigenvalue weighted by atomic mass is 16.3. The summed E-state index contributed by atoms with van der Waals surface area (Å²) in [6.45, 7) is 1.42.